The smallest absolute Gasteiger partial charge is 0.258 e. The number of nitrogens with zero attached hydrogens (tertiary/aromatic N) is 3. The average Bonchev–Trinajstić information content (AvgIpc) is 3.41. The summed E-state index contributed by atoms with van der Waals surface area (Å²) < 4.78 is 0. The second-order valence-corrected chi connectivity index (χ2v) is 10.1. The quantitative estimate of drug-likeness (QED) is 0.319. The fourth-order valence-electron chi connectivity index (χ4n) is 3.46. The molecule has 2 amide bonds. The molecule has 0 radical (unpaired) electrons. The summed E-state index contributed by atoms with van der Waals surface area (Å²) in [5.74, 6) is 0.760. The van der Waals surface area contributed by atoms with E-state index in [1.807, 2.05) is 36.4 Å². The van der Waals surface area contributed by atoms with E-state index in [2.05, 4.69) is 22.4 Å². The molecule has 0 saturated carbocycles. The van der Waals surface area contributed by atoms with Gasteiger partial charge in [-0.3, -0.25) is 14.9 Å². The summed E-state index contributed by atoms with van der Waals surface area (Å²) in [6.07, 6.45) is 2.59. The standard InChI is InChI=1S/C23H23ClN4O2S2/c1-2-3-12-31-19-7-5-4-6-18(19)21(30)25-23-27-26-22(32-23)15-13-20(29)28(14-15)17-10-8-16(24)9-11-17/h4-11,15H,2-3,12-14H2,1H3,(H,25,27,30). The van der Waals surface area contributed by atoms with E-state index in [4.69, 9.17) is 11.6 Å². The summed E-state index contributed by atoms with van der Waals surface area (Å²) in [5.41, 5.74) is 1.45. The Labute approximate surface area is 200 Å². The second-order valence-electron chi connectivity index (χ2n) is 7.48. The summed E-state index contributed by atoms with van der Waals surface area (Å²) in [6, 6.07) is 14.8. The van der Waals surface area contributed by atoms with Crippen LogP contribution in [0.2, 0.25) is 5.02 Å². The monoisotopic (exact) mass is 486 g/mol. The van der Waals surface area contributed by atoms with Crippen molar-refractivity contribution in [3.63, 3.8) is 0 Å². The maximum absolute atomic E-state index is 12.9. The number of halogens is 1. The van der Waals surface area contributed by atoms with E-state index in [1.54, 1.807) is 28.8 Å². The molecule has 1 aliphatic heterocycles. The Bertz CT molecular complexity index is 1100. The van der Waals surface area contributed by atoms with Crippen molar-refractivity contribution < 1.29 is 9.59 Å². The predicted molar refractivity (Wildman–Crippen MR) is 131 cm³/mol. The molecule has 4 rings (SSSR count). The van der Waals surface area contributed by atoms with Crippen LogP contribution in [0.5, 0.6) is 0 Å². The summed E-state index contributed by atoms with van der Waals surface area (Å²) in [7, 11) is 0. The molecule has 0 bridgehead atoms. The lowest BCUT2D eigenvalue weighted by Crippen LogP contribution is -2.24. The van der Waals surface area contributed by atoms with Gasteiger partial charge in [0.05, 0.1) is 5.56 Å². The van der Waals surface area contributed by atoms with Crippen molar-refractivity contribution in [3.05, 3.63) is 64.1 Å². The molecule has 166 valence electrons. The van der Waals surface area contributed by atoms with Gasteiger partial charge in [0.2, 0.25) is 11.0 Å². The van der Waals surface area contributed by atoms with Crippen molar-refractivity contribution in [2.45, 2.75) is 37.0 Å². The van der Waals surface area contributed by atoms with E-state index in [-0.39, 0.29) is 17.7 Å². The minimum atomic E-state index is -0.197. The van der Waals surface area contributed by atoms with Crippen molar-refractivity contribution in [1.29, 1.82) is 0 Å². The first-order chi connectivity index (χ1) is 15.5. The van der Waals surface area contributed by atoms with Gasteiger partial charge in [-0.25, -0.2) is 0 Å². The molecule has 1 fully saturated rings. The first-order valence-electron chi connectivity index (χ1n) is 10.5. The number of amides is 2. The normalized spacial score (nSPS) is 15.9. The van der Waals surface area contributed by atoms with Crippen LogP contribution in [0.4, 0.5) is 10.8 Å². The summed E-state index contributed by atoms with van der Waals surface area (Å²) in [6.45, 7) is 2.68. The highest BCUT2D eigenvalue weighted by Crippen LogP contribution is 2.35. The van der Waals surface area contributed by atoms with Crippen molar-refractivity contribution in [2.75, 3.05) is 22.5 Å². The highest BCUT2D eigenvalue weighted by Gasteiger charge is 2.34. The zero-order valence-electron chi connectivity index (χ0n) is 17.6. The topological polar surface area (TPSA) is 75.2 Å². The Morgan fingerprint density at radius 3 is 2.78 bits per heavy atom. The van der Waals surface area contributed by atoms with Gasteiger partial charge in [0, 0.05) is 34.5 Å². The molecule has 0 spiro atoms. The highest BCUT2D eigenvalue weighted by atomic mass is 35.5. The Morgan fingerprint density at radius 2 is 2.00 bits per heavy atom. The van der Waals surface area contributed by atoms with Gasteiger partial charge in [0.1, 0.15) is 5.01 Å². The molecule has 1 aliphatic rings. The van der Waals surface area contributed by atoms with Gasteiger partial charge >= 0.3 is 0 Å². The molecule has 6 nitrogen and oxygen atoms in total. The number of thioether (sulfide) groups is 1. The molecule has 2 heterocycles. The Hall–Kier alpha value is -2.42. The van der Waals surface area contributed by atoms with Gasteiger partial charge in [-0.05, 0) is 48.6 Å². The molecule has 1 saturated heterocycles. The summed E-state index contributed by atoms with van der Waals surface area (Å²) in [4.78, 5) is 28.1. The summed E-state index contributed by atoms with van der Waals surface area (Å²) in [5, 5.41) is 13.1. The van der Waals surface area contributed by atoms with Crippen molar-refractivity contribution in [1.82, 2.24) is 10.2 Å². The molecule has 1 N–H and O–H groups in total. The molecule has 1 atom stereocenters. The molecule has 1 aromatic heterocycles. The van der Waals surface area contributed by atoms with Gasteiger partial charge < -0.3 is 4.90 Å². The number of hydrogen-bond acceptors (Lipinski definition) is 6. The number of nitrogens with one attached hydrogen (secondary N) is 1. The van der Waals surface area contributed by atoms with Crippen LogP contribution in [0.3, 0.4) is 0 Å². The van der Waals surface area contributed by atoms with Crippen molar-refractivity contribution in [3.8, 4) is 0 Å². The average molecular weight is 487 g/mol. The van der Waals surface area contributed by atoms with E-state index in [0.717, 1.165) is 34.2 Å². The maximum Gasteiger partial charge on any atom is 0.258 e. The van der Waals surface area contributed by atoms with Crippen LogP contribution < -0.4 is 10.2 Å². The zero-order chi connectivity index (χ0) is 22.5. The number of rotatable bonds is 8. The number of carbonyl (C=O) groups excluding carboxylic acids is 2. The molecule has 0 aliphatic carbocycles. The largest absolute Gasteiger partial charge is 0.312 e. The van der Waals surface area contributed by atoms with Crippen LogP contribution >= 0.6 is 34.7 Å². The number of unbranched alkanes of at least 4 members (excludes halogenated alkanes) is 1. The Kier molecular flexibility index (Phi) is 7.44. The lowest BCUT2D eigenvalue weighted by molar-refractivity contribution is -0.117. The molecule has 32 heavy (non-hydrogen) atoms. The first-order valence-corrected chi connectivity index (χ1v) is 12.7. The Morgan fingerprint density at radius 1 is 1.22 bits per heavy atom. The van der Waals surface area contributed by atoms with Gasteiger partial charge in [-0.2, -0.15) is 0 Å². The number of hydrogen-bond donors (Lipinski definition) is 1. The number of benzene rings is 2. The number of aromatic nitrogens is 2. The van der Waals surface area contributed by atoms with Gasteiger partial charge in [0.25, 0.3) is 5.91 Å². The zero-order valence-corrected chi connectivity index (χ0v) is 20.0. The maximum atomic E-state index is 12.9. The van der Waals surface area contributed by atoms with Crippen LogP contribution in [0.15, 0.2) is 53.4 Å². The number of carbonyl (C=O) groups is 2. The third kappa shape index (κ3) is 5.31. The first kappa shape index (κ1) is 22.8. The van der Waals surface area contributed by atoms with Crippen LogP contribution in [0.25, 0.3) is 0 Å². The van der Waals surface area contributed by atoms with Crippen LogP contribution in [-0.4, -0.2) is 34.3 Å². The Balaban J connectivity index is 1.42. The summed E-state index contributed by atoms with van der Waals surface area (Å²) >= 11 is 8.97. The van der Waals surface area contributed by atoms with Gasteiger partial charge in [0.15, 0.2) is 0 Å². The van der Waals surface area contributed by atoms with Crippen molar-refractivity contribution >= 4 is 57.3 Å². The fourth-order valence-corrected chi connectivity index (χ4v) is 5.56. The molecular weight excluding hydrogens is 464 g/mol. The molecule has 1 unspecified atom stereocenters. The third-order valence-corrected chi connectivity index (χ3v) is 7.57. The van der Waals surface area contributed by atoms with E-state index in [9.17, 15) is 9.59 Å². The third-order valence-electron chi connectivity index (χ3n) is 5.16. The lowest BCUT2D eigenvalue weighted by Gasteiger charge is -2.16. The fraction of sp³-hybridized carbons (Fsp3) is 0.304. The van der Waals surface area contributed by atoms with E-state index >= 15 is 0 Å². The number of anilines is 2. The molecule has 9 heteroatoms. The van der Waals surface area contributed by atoms with Gasteiger partial charge in [-0.15, -0.1) is 22.0 Å². The van der Waals surface area contributed by atoms with Crippen molar-refractivity contribution in [2.24, 2.45) is 0 Å². The van der Waals surface area contributed by atoms with Gasteiger partial charge in [-0.1, -0.05) is 48.4 Å². The van der Waals surface area contributed by atoms with Crippen LogP contribution in [0, 0.1) is 0 Å². The second kappa shape index (κ2) is 10.5. The van der Waals surface area contributed by atoms with Crippen LogP contribution in [-0.2, 0) is 4.79 Å². The van der Waals surface area contributed by atoms with E-state index in [1.165, 1.54) is 11.3 Å². The molecular formula is C23H23ClN4O2S2. The minimum Gasteiger partial charge on any atom is -0.312 e. The predicted octanol–water partition coefficient (Wildman–Crippen LogP) is 5.86. The highest BCUT2D eigenvalue weighted by molar-refractivity contribution is 7.99. The van der Waals surface area contributed by atoms with E-state index < -0.39 is 0 Å². The van der Waals surface area contributed by atoms with Crippen LogP contribution in [0.1, 0.15) is 47.5 Å². The molecule has 2 aromatic carbocycles. The minimum absolute atomic E-state index is 0.0381. The molecule has 3 aromatic rings. The van der Waals surface area contributed by atoms with E-state index in [0.29, 0.717) is 28.7 Å². The lowest BCUT2D eigenvalue weighted by atomic mass is 10.1. The SMILES string of the molecule is CCCCSc1ccccc1C(=O)Nc1nnc(C2CC(=O)N(c3ccc(Cl)cc3)C2)s1.